The number of amides is 1. The highest BCUT2D eigenvalue weighted by molar-refractivity contribution is 5.95. The first-order chi connectivity index (χ1) is 11.2. The number of hydrogen-bond donors (Lipinski definition) is 0. The molecule has 116 valence electrons. The summed E-state index contributed by atoms with van der Waals surface area (Å²) in [5.74, 6) is 1.93. The molecule has 7 heteroatoms. The molecule has 0 spiro atoms. The zero-order valence-corrected chi connectivity index (χ0v) is 12.5. The normalized spacial score (nSPS) is 14.7. The molecule has 1 aliphatic heterocycles. The smallest absolute Gasteiger partial charge is 0.254 e. The van der Waals surface area contributed by atoms with Gasteiger partial charge in [0.2, 0.25) is 5.89 Å². The number of hydrogen-bond acceptors (Lipinski definition) is 6. The van der Waals surface area contributed by atoms with Crippen LogP contribution in [-0.2, 0) is 0 Å². The number of pyridine rings is 1. The number of nitrogens with zero attached hydrogens (tertiary/aromatic N) is 4. The third-order valence-electron chi connectivity index (χ3n) is 3.84. The number of carbonyl (C=O) groups is 1. The van der Waals surface area contributed by atoms with Crippen LogP contribution in [0.3, 0.4) is 0 Å². The van der Waals surface area contributed by atoms with E-state index in [-0.39, 0.29) is 11.8 Å². The second-order valence-corrected chi connectivity index (χ2v) is 5.49. The van der Waals surface area contributed by atoms with E-state index in [0.29, 0.717) is 41.8 Å². The average molecular weight is 310 g/mol. The number of aryl methyl sites for hydroxylation is 1. The van der Waals surface area contributed by atoms with Gasteiger partial charge in [-0.05, 0) is 31.2 Å². The van der Waals surface area contributed by atoms with E-state index >= 15 is 0 Å². The molecule has 4 rings (SSSR count). The molecule has 1 amide bonds. The predicted molar refractivity (Wildman–Crippen MR) is 79.6 cm³/mol. The van der Waals surface area contributed by atoms with Crippen molar-refractivity contribution in [3.8, 4) is 11.5 Å². The molecular weight excluding hydrogens is 296 g/mol. The standard InChI is InChI=1S/C16H14N4O3/c1-10-18-15(23-19-10)12-8-20(9-12)16(21)11-4-5-17-13(7-11)14-3-2-6-22-14/h2-7,12H,8-9H2,1H3. The fourth-order valence-electron chi connectivity index (χ4n) is 2.58. The number of rotatable bonds is 3. The Kier molecular flexibility index (Phi) is 3.18. The Bertz CT molecular complexity index is 835. The van der Waals surface area contributed by atoms with Crippen molar-refractivity contribution in [1.82, 2.24) is 20.0 Å². The van der Waals surface area contributed by atoms with E-state index in [1.807, 2.05) is 6.07 Å². The van der Waals surface area contributed by atoms with Gasteiger partial charge in [-0.2, -0.15) is 4.98 Å². The lowest BCUT2D eigenvalue weighted by Gasteiger charge is -2.37. The second kappa shape index (κ2) is 5.35. The summed E-state index contributed by atoms with van der Waals surface area (Å²) in [5, 5.41) is 3.78. The molecule has 1 fully saturated rings. The molecule has 0 aromatic carbocycles. The zero-order valence-electron chi connectivity index (χ0n) is 12.5. The molecule has 7 nitrogen and oxygen atoms in total. The molecule has 0 saturated carbocycles. The van der Waals surface area contributed by atoms with Crippen LogP contribution in [0.2, 0.25) is 0 Å². The highest BCUT2D eigenvalue weighted by atomic mass is 16.5. The van der Waals surface area contributed by atoms with E-state index in [2.05, 4.69) is 15.1 Å². The van der Waals surface area contributed by atoms with Gasteiger partial charge >= 0.3 is 0 Å². The second-order valence-electron chi connectivity index (χ2n) is 5.49. The Morgan fingerprint density at radius 2 is 2.22 bits per heavy atom. The van der Waals surface area contributed by atoms with Crippen molar-refractivity contribution in [2.75, 3.05) is 13.1 Å². The Balaban J connectivity index is 1.47. The molecule has 0 atom stereocenters. The zero-order chi connectivity index (χ0) is 15.8. The van der Waals surface area contributed by atoms with E-state index in [4.69, 9.17) is 8.94 Å². The van der Waals surface area contributed by atoms with Gasteiger partial charge in [0, 0.05) is 24.8 Å². The van der Waals surface area contributed by atoms with E-state index < -0.39 is 0 Å². The number of furan rings is 1. The van der Waals surface area contributed by atoms with Gasteiger partial charge < -0.3 is 13.8 Å². The highest BCUT2D eigenvalue weighted by Crippen LogP contribution is 2.27. The van der Waals surface area contributed by atoms with Crippen LogP contribution < -0.4 is 0 Å². The van der Waals surface area contributed by atoms with Gasteiger partial charge in [0.25, 0.3) is 5.91 Å². The third kappa shape index (κ3) is 2.50. The van der Waals surface area contributed by atoms with Crippen molar-refractivity contribution >= 4 is 5.91 Å². The van der Waals surface area contributed by atoms with Crippen molar-refractivity contribution in [3.63, 3.8) is 0 Å². The van der Waals surface area contributed by atoms with Crippen LogP contribution in [0.25, 0.3) is 11.5 Å². The van der Waals surface area contributed by atoms with Gasteiger partial charge in [-0.15, -0.1) is 0 Å². The van der Waals surface area contributed by atoms with Crippen molar-refractivity contribution in [1.29, 1.82) is 0 Å². The minimum Gasteiger partial charge on any atom is -0.463 e. The van der Waals surface area contributed by atoms with Gasteiger partial charge in [-0.3, -0.25) is 9.78 Å². The lowest BCUT2D eigenvalue weighted by Crippen LogP contribution is -2.48. The van der Waals surface area contributed by atoms with Crippen molar-refractivity contribution < 1.29 is 13.7 Å². The quantitative estimate of drug-likeness (QED) is 0.737. The van der Waals surface area contributed by atoms with Crippen LogP contribution in [0.5, 0.6) is 0 Å². The summed E-state index contributed by atoms with van der Waals surface area (Å²) >= 11 is 0. The first-order valence-corrected chi connectivity index (χ1v) is 7.30. The lowest BCUT2D eigenvalue weighted by molar-refractivity contribution is 0.0569. The molecule has 0 bridgehead atoms. The summed E-state index contributed by atoms with van der Waals surface area (Å²) in [6, 6.07) is 7.05. The Morgan fingerprint density at radius 3 is 2.91 bits per heavy atom. The summed E-state index contributed by atoms with van der Waals surface area (Å²) < 4.78 is 10.5. The van der Waals surface area contributed by atoms with E-state index in [0.717, 1.165) is 0 Å². The molecule has 1 aliphatic rings. The molecule has 3 aromatic rings. The van der Waals surface area contributed by atoms with Crippen LogP contribution in [0, 0.1) is 6.92 Å². The summed E-state index contributed by atoms with van der Waals surface area (Å²) in [7, 11) is 0. The maximum Gasteiger partial charge on any atom is 0.254 e. The van der Waals surface area contributed by atoms with Crippen LogP contribution in [0.15, 0.2) is 45.7 Å². The molecule has 0 unspecified atom stereocenters. The molecule has 0 N–H and O–H groups in total. The predicted octanol–water partition coefficient (Wildman–Crippen LogP) is 2.27. The Labute approximate surface area is 131 Å². The van der Waals surface area contributed by atoms with Crippen LogP contribution in [0.4, 0.5) is 0 Å². The summed E-state index contributed by atoms with van der Waals surface area (Å²) in [5.41, 5.74) is 1.23. The van der Waals surface area contributed by atoms with E-state index in [1.165, 1.54) is 0 Å². The van der Waals surface area contributed by atoms with Crippen LogP contribution in [-0.4, -0.2) is 39.0 Å². The summed E-state index contributed by atoms with van der Waals surface area (Å²) in [6.07, 6.45) is 3.20. The summed E-state index contributed by atoms with van der Waals surface area (Å²) in [6.45, 7) is 2.94. The van der Waals surface area contributed by atoms with E-state index in [9.17, 15) is 4.79 Å². The number of aromatic nitrogens is 3. The topological polar surface area (TPSA) is 85.3 Å². The minimum atomic E-state index is -0.0345. The molecular formula is C16H14N4O3. The van der Waals surface area contributed by atoms with E-state index in [1.54, 1.807) is 42.5 Å². The van der Waals surface area contributed by atoms with Crippen LogP contribution >= 0.6 is 0 Å². The summed E-state index contributed by atoms with van der Waals surface area (Å²) in [4.78, 5) is 22.7. The van der Waals surface area contributed by atoms with Gasteiger partial charge in [0.15, 0.2) is 11.6 Å². The maximum absolute atomic E-state index is 12.5. The molecule has 1 saturated heterocycles. The maximum atomic E-state index is 12.5. The number of likely N-dealkylation sites (tertiary alicyclic amines) is 1. The molecule has 0 radical (unpaired) electrons. The SMILES string of the molecule is Cc1noc(C2CN(C(=O)c3ccnc(-c4ccco4)c3)C2)n1. The first kappa shape index (κ1) is 13.7. The fraction of sp³-hybridized carbons (Fsp3) is 0.250. The van der Waals surface area contributed by atoms with Gasteiger partial charge in [-0.25, -0.2) is 0 Å². The van der Waals surface area contributed by atoms with Crippen molar-refractivity contribution in [2.24, 2.45) is 0 Å². The Morgan fingerprint density at radius 1 is 1.35 bits per heavy atom. The first-order valence-electron chi connectivity index (χ1n) is 7.30. The third-order valence-corrected chi connectivity index (χ3v) is 3.84. The van der Waals surface area contributed by atoms with Gasteiger partial charge in [0.1, 0.15) is 5.69 Å². The average Bonchev–Trinajstić information content (AvgIpc) is 3.18. The molecule has 0 aliphatic carbocycles. The molecule has 23 heavy (non-hydrogen) atoms. The highest BCUT2D eigenvalue weighted by Gasteiger charge is 2.35. The largest absolute Gasteiger partial charge is 0.463 e. The van der Waals surface area contributed by atoms with Gasteiger partial charge in [-0.1, -0.05) is 5.16 Å². The monoisotopic (exact) mass is 310 g/mol. The molecule has 4 heterocycles. The fourth-order valence-corrected chi connectivity index (χ4v) is 2.58. The van der Waals surface area contributed by atoms with Crippen molar-refractivity contribution in [2.45, 2.75) is 12.8 Å². The lowest BCUT2D eigenvalue weighted by atomic mass is 9.99. The number of carbonyl (C=O) groups excluding carboxylic acids is 1. The molecule has 3 aromatic heterocycles. The van der Waals surface area contributed by atoms with Gasteiger partial charge in [0.05, 0.1) is 12.2 Å². The Hall–Kier alpha value is -2.96. The van der Waals surface area contributed by atoms with Crippen LogP contribution in [0.1, 0.15) is 28.0 Å². The van der Waals surface area contributed by atoms with Crippen molar-refractivity contribution in [3.05, 3.63) is 54.0 Å². The minimum absolute atomic E-state index is 0.0345.